The Morgan fingerprint density at radius 3 is 2.89 bits per heavy atom. The fraction of sp³-hybridized carbons (Fsp3) is 0.647. The van der Waals surface area contributed by atoms with Gasteiger partial charge in [-0.2, -0.15) is 4.98 Å². The molecule has 1 saturated heterocycles. The smallest absolute Gasteiger partial charge is 0.246 e. The number of rotatable bonds is 4. The number of hydrogen-bond acceptors (Lipinski definition) is 7. The van der Waals surface area contributed by atoms with Crippen LogP contribution in [-0.4, -0.2) is 76.5 Å². The van der Waals surface area contributed by atoms with Gasteiger partial charge < -0.3 is 25.2 Å². The summed E-state index contributed by atoms with van der Waals surface area (Å²) in [6.07, 6.45) is 2.17. The highest BCUT2D eigenvalue weighted by molar-refractivity contribution is 7.80. The van der Waals surface area contributed by atoms with Crippen molar-refractivity contribution in [3.8, 4) is 0 Å². The van der Waals surface area contributed by atoms with Crippen molar-refractivity contribution in [2.45, 2.75) is 26.3 Å². The van der Waals surface area contributed by atoms with E-state index in [1.807, 2.05) is 9.58 Å². The predicted molar refractivity (Wildman–Crippen MR) is 106 cm³/mol. The molecule has 0 saturated carbocycles. The van der Waals surface area contributed by atoms with Crippen molar-refractivity contribution in [1.82, 2.24) is 25.0 Å². The normalized spacial score (nSPS) is 19.5. The molecule has 0 atom stereocenters. The number of carbonyl (C=O) groups excluding carboxylic acids is 1. The summed E-state index contributed by atoms with van der Waals surface area (Å²) >= 11 is 5.47. The van der Waals surface area contributed by atoms with Crippen LogP contribution in [0.5, 0.6) is 0 Å². The molecule has 0 aliphatic carbocycles. The van der Waals surface area contributed by atoms with E-state index in [0.29, 0.717) is 49.0 Å². The molecular formula is C17H25N7O2S. The molecule has 10 heteroatoms. The molecule has 0 bridgehead atoms. The van der Waals surface area contributed by atoms with Gasteiger partial charge in [-0.05, 0) is 24.2 Å². The lowest BCUT2D eigenvalue weighted by Gasteiger charge is -2.34. The van der Waals surface area contributed by atoms with E-state index in [2.05, 4.69) is 32.5 Å². The molecule has 1 aromatic heterocycles. The van der Waals surface area contributed by atoms with Gasteiger partial charge in [0, 0.05) is 26.2 Å². The number of ketones is 1. The molecule has 0 radical (unpaired) electrons. The Bertz CT molecular complexity index is 769. The topological polar surface area (TPSA) is 87.6 Å². The first kappa shape index (κ1) is 18.2. The summed E-state index contributed by atoms with van der Waals surface area (Å²) in [5.74, 6) is 1.35. The van der Waals surface area contributed by atoms with Gasteiger partial charge >= 0.3 is 0 Å². The average Bonchev–Trinajstić information content (AvgIpc) is 3.10. The summed E-state index contributed by atoms with van der Waals surface area (Å²) in [7, 11) is 0. The van der Waals surface area contributed by atoms with Crippen LogP contribution in [0.25, 0.3) is 0 Å². The summed E-state index contributed by atoms with van der Waals surface area (Å²) in [6.45, 7) is 7.36. The van der Waals surface area contributed by atoms with Crippen molar-refractivity contribution in [3.05, 3.63) is 11.3 Å². The molecule has 0 aromatic carbocycles. The number of carbonyl (C=O) groups is 1. The minimum atomic E-state index is 0.0399. The number of Topliss-reactive ketones (excluding diaryl/α,β-unsaturated/α-hetero) is 1. The summed E-state index contributed by atoms with van der Waals surface area (Å²) in [5, 5.41) is 11.7. The summed E-state index contributed by atoms with van der Waals surface area (Å²) in [6, 6.07) is 0. The Labute approximate surface area is 163 Å². The van der Waals surface area contributed by atoms with E-state index in [9.17, 15) is 4.79 Å². The molecule has 1 aromatic rings. The lowest BCUT2D eigenvalue weighted by atomic mass is 10.0. The third-order valence-corrected chi connectivity index (χ3v) is 5.38. The van der Waals surface area contributed by atoms with Crippen LogP contribution >= 0.6 is 12.2 Å². The van der Waals surface area contributed by atoms with Gasteiger partial charge in [-0.15, -0.1) is 5.10 Å². The van der Waals surface area contributed by atoms with E-state index in [1.54, 1.807) is 0 Å². The van der Waals surface area contributed by atoms with Crippen molar-refractivity contribution >= 4 is 35.0 Å². The third-order valence-electron chi connectivity index (χ3n) is 4.97. The van der Waals surface area contributed by atoms with Crippen LogP contribution in [0.2, 0.25) is 0 Å². The summed E-state index contributed by atoms with van der Waals surface area (Å²) in [5.41, 5.74) is 1.65. The minimum absolute atomic E-state index is 0.0399. The van der Waals surface area contributed by atoms with E-state index in [1.165, 1.54) is 0 Å². The third kappa shape index (κ3) is 3.77. The zero-order chi connectivity index (χ0) is 18.8. The molecule has 4 rings (SSSR count). The molecule has 0 amide bonds. The van der Waals surface area contributed by atoms with Crippen molar-refractivity contribution in [2.75, 3.05) is 56.2 Å². The van der Waals surface area contributed by atoms with Crippen LogP contribution in [0, 0.1) is 0 Å². The highest BCUT2D eigenvalue weighted by atomic mass is 32.1. The molecule has 3 aliphatic heterocycles. The quantitative estimate of drug-likeness (QED) is 0.558. The molecule has 9 nitrogen and oxygen atoms in total. The van der Waals surface area contributed by atoms with Gasteiger partial charge in [0.15, 0.2) is 10.9 Å². The second kappa shape index (κ2) is 7.81. The summed E-state index contributed by atoms with van der Waals surface area (Å²) < 4.78 is 7.21. The van der Waals surface area contributed by atoms with Gasteiger partial charge in [-0.1, -0.05) is 13.3 Å². The van der Waals surface area contributed by atoms with E-state index < -0.39 is 0 Å². The molecule has 0 unspecified atom stereocenters. The number of nitrogens with one attached hydrogen (secondary N) is 2. The minimum Gasteiger partial charge on any atom is -0.378 e. The fourth-order valence-corrected chi connectivity index (χ4v) is 3.68. The number of unbranched alkanes of at least 4 members (excludes halogenated alkanes) is 1. The number of nitrogens with zero attached hydrogens (tertiary/aromatic N) is 5. The van der Waals surface area contributed by atoms with E-state index >= 15 is 0 Å². The second-order valence-corrected chi connectivity index (χ2v) is 7.35. The Balaban J connectivity index is 1.45. The van der Waals surface area contributed by atoms with Gasteiger partial charge in [0.05, 0.1) is 32.0 Å². The highest BCUT2D eigenvalue weighted by Gasteiger charge is 2.32. The molecule has 1 fully saturated rings. The largest absolute Gasteiger partial charge is 0.378 e. The SMILES string of the molecule is CCCCNC(=S)N1CC(=O)C2=C(C1)Cn1nc(N3CCOCC3)nc1N2. The van der Waals surface area contributed by atoms with E-state index in [0.717, 1.165) is 38.0 Å². The molecule has 3 aliphatic rings. The maximum absolute atomic E-state index is 12.7. The Morgan fingerprint density at radius 2 is 2.11 bits per heavy atom. The van der Waals surface area contributed by atoms with E-state index in [-0.39, 0.29) is 12.3 Å². The first-order valence-electron chi connectivity index (χ1n) is 9.48. The van der Waals surface area contributed by atoms with Crippen LogP contribution < -0.4 is 15.5 Å². The second-order valence-electron chi connectivity index (χ2n) is 6.96. The van der Waals surface area contributed by atoms with Crippen LogP contribution in [0.1, 0.15) is 19.8 Å². The number of fused-ring (bicyclic) bond motifs is 1. The van der Waals surface area contributed by atoms with Crippen LogP contribution in [0.4, 0.5) is 11.9 Å². The van der Waals surface area contributed by atoms with Crippen molar-refractivity contribution in [2.24, 2.45) is 0 Å². The maximum Gasteiger partial charge on any atom is 0.246 e. The molecule has 146 valence electrons. The number of thiocarbonyl (C=S) groups is 1. The number of morpholine rings is 1. The molecule has 2 N–H and O–H groups in total. The maximum atomic E-state index is 12.7. The first-order valence-corrected chi connectivity index (χ1v) is 9.89. The number of anilines is 2. The van der Waals surface area contributed by atoms with Crippen LogP contribution in [0.15, 0.2) is 11.3 Å². The van der Waals surface area contributed by atoms with Crippen molar-refractivity contribution < 1.29 is 9.53 Å². The molecule has 4 heterocycles. The standard InChI is InChI=1S/C17H25N7O2S/c1-2-3-4-18-17(27)23-9-12-10-24-15(19-14(12)13(25)11-23)20-16(21-24)22-5-7-26-8-6-22/h2-11H2,1H3,(H,18,27)(H,19,20,21). The fourth-order valence-electron chi connectivity index (χ4n) is 3.45. The lowest BCUT2D eigenvalue weighted by Crippen LogP contribution is -2.49. The van der Waals surface area contributed by atoms with Gasteiger partial charge in [0.1, 0.15) is 0 Å². The van der Waals surface area contributed by atoms with Gasteiger partial charge in [-0.3, -0.25) is 4.79 Å². The summed E-state index contributed by atoms with van der Waals surface area (Å²) in [4.78, 5) is 21.3. The van der Waals surface area contributed by atoms with E-state index in [4.69, 9.17) is 17.0 Å². The zero-order valence-corrected chi connectivity index (χ0v) is 16.3. The van der Waals surface area contributed by atoms with Gasteiger partial charge in [0.2, 0.25) is 11.9 Å². The first-order chi connectivity index (χ1) is 13.2. The van der Waals surface area contributed by atoms with Crippen molar-refractivity contribution in [3.63, 3.8) is 0 Å². The average molecular weight is 392 g/mol. The molecular weight excluding hydrogens is 366 g/mol. The van der Waals surface area contributed by atoms with Gasteiger partial charge in [0.25, 0.3) is 0 Å². The Hall–Kier alpha value is -2.20. The molecule has 27 heavy (non-hydrogen) atoms. The highest BCUT2D eigenvalue weighted by Crippen LogP contribution is 2.26. The van der Waals surface area contributed by atoms with Crippen molar-refractivity contribution in [1.29, 1.82) is 0 Å². The Morgan fingerprint density at radius 1 is 1.30 bits per heavy atom. The number of hydrogen-bond donors (Lipinski definition) is 2. The number of ether oxygens (including phenoxy) is 1. The van der Waals surface area contributed by atoms with Crippen LogP contribution in [0.3, 0.4) is 0 Å². The van der Waals surface area contributed by atoms with Crippen LogP contribution in [-0.2, 0) is 16.1 Å². The predicted octanol–water partition coefficient (Wildman–Crippen LogP) is 0.354. The molecule has 0 spiro atoms. The lowest BCUT2D eigenvalue weighted by molar-refractivity contribution is -0.116. The van der Waals surface area contributed by atoms with Gasteiger partial charge in [-0.25, -0.2) is 4.68 Å². The number of aromatic nitrogens is 3. The monoisotopic (exact) mass is 391 g/mol. The Kier molecular flexibility index (Phi) is 5.26. The zero-order valence-electron chi connectivity index (χ0n) is 15.5.